The molecule has 2 aromatic rings. The average molecular weight is 316 g/mol. The van der Waals surface area contributed by atoms with Crippen LogP contribution in [0.15, 0.2) is 6.07 Å². The van der Waals surface area contributed by atoms with Crippen LogP contribution in [0, 0.1) is 37.1 Å². The number of carbonyl (C=O) groups is 1. The van der Waals surface area contributed by atoms with Gasteiger partial charge in [-0.3, -0.25) is 0 Å². The average Bonchev–Trinajstić information content (AvgIpc) is 2.76. The van der Waals surface area contributed by atoms with Crippen LogP contribution in [0.3, 0.4) is 0 Å². The van der Waals surface area contributed by atoms with Crippen LogP contribution in [0.5, 0.6) is 0 Å². The predicted molar refractivity (Wildman–Crippen MR) is 68.8 cm³/mol. The Kier molecular flexibility index (Phi) is 4.20. The standard InChI is InChI=1S/C14H12F4N2O2/c1-4-22-14(21)8-9(15)11(17)13(12(18)10(8)16)20-7(3)5-6(2)19-20/h5H,4H2,1-3H3. The van der Waals surface area contributed by atoms with Gasteiger partial charge in [-0.15, -0.1) is 0 Å². The van der Waals surface area contributed by atoms with Gasteiger partial charge in [-0.05, 0) is 26.8 Å². The van der Waals surface area contributed by atoms with E-state index in [2.05, 4.69) is 9.84 Å². The summed E-state index contributed by atoms with van der Waals surface area (Å²) in [5, 5.41) is 3.78. The highest BCUT2D eigenvalue weighted by atomic mass is 19.2. The summed E-state index contributed by atoms with van der Waals surface area (Å²) in [5.74, 6) is -8.55. The van der Waals surface area contributed by atoms with Crippen molar-refractivity contribution in [3.05, 3.63) is 46.3 Å². The molecule has 0 aliphatic rings. The first-order valence-electron chi connectivity index (χ1n) is 6.36. The molecule has 0 aliphatic heterocycles. The fourth-order valence-corrected chi connectivity index (χ4v) is 2.04. The fraction of sp³-hybridized carbons (Fsp3) is 0.286. The molecule has 0 atom stereocenters. The van der Waals surface area contributed by atoms with Gasteiger partial charge in [-0.2, -0.15) is 5.10 Å². The highest BCUT2D eigenvalue weighted by Crippen LogP contribution is 2.28. The van der Waals surface area contributed by atoms with Gasteiger partial charge in [0.25, 0.3) is 0 Å². The van der Waals surface area contributed by atoms with E-state index in [0.717, 1.165) is 4.68 Å². The fourth-order valence-electron chi connectivity index (χ4n) is 2.04. The van der Waals surface area contributed by atoms with E-state index >= 15 is 0 Å². The number of halogens is 4. The summed E-state index contributed by atoms with van der Waals surface area (Å²) in [4.78, 5) is 11.5. The number of esters is 1. The van der Waals surface area contributed by atoms with Gasteiger partial charge in [0.1, 0.15) is 11.3 Å². The van der Waals surface area contributed by atoms with Crippen molar-refractivity contribution in [2.75, 3.05) is 6.61 Å². The zero-order chi connectivity index (χ0) is 16.6. The van der Waals surface area contributed by atoms with E-state index in [0.29, 0.717) is 5.69 Å². The van der Waals surface area contributed by atoms with Gasteiger partial charge in [0, 0.05) is 5.69 Å². The van der Waals surface area contributed by atoms with Crippen LogP contribution < -0.4 is 0 Å². The van der Waals surface area contributed by atoms with Crippen LogP contribution in [0.2, 0.25) is 0 Å². The number of hydrogen-bond donors (Lipinski definition) is 0. The topological polar surface area (TPSA) is 44.1 Å². The van der Waals surface area contributed by atoms with Crippen molar-refractivity contribution in [1.29, 1.82) is 0 Å². The zero-order valence-corrected chi connectivity index (χ0v) is 12.0. The molecule has 0 radical (unpaired) electrons. The second-order valence-electron chi connectivity index (χ2n) is 4.54. The predicted octanol–water partition coefficient (Wildman–Crippen LogP) is 3.22. The minimum Gasteiger partial charge on any atom is -0.462 e. The van der Waals surface area contributed by atoms with E-state index in [1.807, 2.05) is 0 Å². The maximum Gasteiger partial charge on any atom is 0.344 e. The lowest BCUT2D eigenvalue weighted by molar-refractivity contribution is 0.0512. The van der Waals surface area contributed by atoms with E-state index in [1.165, 1.54) is 19.9 Å². The van der Waals surface area contributed by atoms with E-state index < -0.39 is 40.5 Å². The Hall–Kier alpha value is -2.38. The van der Waals surface area contributed by atoms with Gasteiger partial charge in [0.2, 0.25) is 0 Å². The van der Waals surface area contributed by atoms with Crippen molar-refractivity contribution in [2.45, 2.75) is 20.8 Å². The Balaban J connectivity index is 2.75. The van der Waals surface area contributed by atoms with Crippen molar-refractivity contribution in [2.24, 2.45) is 0 Å². The highest BCUT2D eigenvalue weighted by molar-refractivity contribution is 5.90. The number of carbonyl (C=O) groups excluding carboxylic acids is 1. The van der Waals surface area contributed by atoms with Gasteiger partial charge in [-0.25, -0.2) is 27.0 Å². The molecular formula is C14H12F4N2O2. The molecule has 0 aliphatic carbocycles. The first-order chi connectivity index (χ1) is 10.3. The number of aromatic nitrogens is 2. The van der Waals surface area contributed by atoms with Crippen LogP contribution in [0.4, 0.5) is 17.6 Å². The molecule has 0 spiro atoms. The third-order valence-electron chi connectivity index (χ3n) is 2.94. The quantitative estimate of drug-likeness (QED) is 0.496. The second-order valence-corrected chi connectivity index (χ2v) is 4.54. The Bertz CT molecular complexity index is 727. The van der Waals surface area contributed by atoms with Crippen molar-refractivity contribution < 1.29 is 27.1 Å². The molecule has 0 saturated heterocycles. The molecule has 118 valence electrons. The Morgan fingerprint density at radius 1 is 1.14 bits per heavy atom. The van der Waals surface area contributed by atoms with E-state index in [-0.39, 0.29) is 12.3 Å². The van der Waals surface area contributed by atoms with Crippen LogP contribution in [0.25, 0.3) is 5.69 Å². The summed E-state index contributed by atoms with van der Waals surface area (Å²) < 4.78 is 61.3. The monoisotopic (exact) mass is 316 g/mol. The van der Waals surface area contributed by atoms with Crippen molar-refractivity contribution in [3.8, 4) is 5.69 Å². The van der Waals surface area contributed by atoms with Crippen LogP contribution in [0.1, 0.15) is 28.7 Å². The lowest BCUT2D eigenvalue weighted by atomic mass is 10.1. The largest absolute Gasteiger partial charge is 0.462 e. The summed E-state index contributed by atoms with van der Waals surface area (Å²) in [5.41, 5.74) is -1.74. The van der Waals surface area contributed by atoms with E-state index in [1.54, 1.807) is 6.92 Å². The van der Waals surface area contributed by atoms with Gasteiger partial charge in [0.15, 0.2) is 23.3 Å². The molecular weight excluding hydrogens is 304 g/mol. The summed E-state index contributed by atoms with van der Waals surface area (Å²) >= 11 is 0. The van der Waals surface area contributed by atoms with Crippen molar-refractivity contribution in [3.63, 3.8) is 0 Å². The van der Waals surface area contributed by atoms with Crippen LogP contribution in [-0.2, 0) is 4.74 Å². The molecule has 0 bridgehead atoms. The molecule has 0 unspecified atom stereocenters. The number of nitrogens with zero attached hydrogens (tertiary/aromatic N) is 2. The maximum atomic E-state index is 14.1. The van der Waals surface area contributed by atoms with Crippen molar-refractivity contribution >= 4 is 5.97 Å². The molecule has 0 amide bonds. The molecule has 22 heavy (non-hydrogen) atoms. The third kappa shape index (κ3) is 2.44. The molecule has 1 heterocycles. The van der Waals surface area contributed by atoms with Gasteiger partial charge < -0.3 is 4.74 Å². The molecule has 0 fully saturated rings. The zero-order valence-electron chi connectivity index (χ0n) is 12.0. The first kappa shape index (κ1) is 16.0. The summed E-state index contributed by atoms with van der Waals surface area (Å²) in [6.45, 7) is 4.22. The molecule has 2 rings (SSSR count). The Labute approximate surface area is 123 Å². The molecule has 1 aromatic heterocycles. The second kappa shape index (κ2) is 5.78. The van der Waals surface area contributed by atoms with Crippen LogP contribution >= 0.6 is 0 Å². The highest BCUT2D eigenvalue weighted by Gasteiger charge is 2.31. The molecule has 0 N–H and O–H groups in total. The normalized spacial score (nSPS) is 10.9. The lowest BCUT2D eigenvalue weighted by Crippen LogP contribution is -2.17. The molecule has 0 saturated carbocycles. The molecule has 8 heteroatoms. The van der Waals surface area contributed by atoms with Crippen LogP contribution in [-0.4, -0.2) is 22.4 Å². The first-order valence-corrected chi connectivity index (χ1v) is 6.36. The number of hydrogen-bond acceptors (Lipinski definition) is 3. The Morgan fingerprint density at radius 2 is 1.68 bits per heavy atom. The van der Waals surface area contributed by atoms with Gasteiger partial charge >= 0.3 is 5.97 Å². The summed E-state index contributed by atoms with van der Waals surface area (Å²) in [7, 11) is 0. The number of aryl methyl sites for hydroxylation is 2. The summed E-state index contributed by atoms with van der Waals surface area (Å²) in [6, 6.07) is 1.48. The SMILES string of the molecule is CCOC(=O)c1c(F)c(F)c(-n2nc(C)cc2C)c(F)c1F. The van der Waals surface area contributed by atoms with E-state index in [4.69, 9.17) is 0 Å². The molecule has 1 aromatic carbocycles. The minimum absolute atomic E-state index is 0.194. The third-order valence-corrected chi connectivity index (χ3v) is 2.94. The van der Waals surface area contributed by atoms with Gasteiger partial charge in [0.05, 0.1) is 12.3 Å². The van der Waals surface area contributed by atoms with Gasteiger partial charge in [-0.1, -0.05) is 0 Å². The maximum absolute atomic E-state index is 14.1. The summed E-state index contributed by atoms with van der Waals surface area (Å²) in [6.07, 6.45) is 0. The lowest BCUT2D eigenvalue weighted by Gasteiger charge is -2.12. The van der Waals surface area contributed by atoms with Crippen molar-refractivity contribution in [1.82, 2.24) is 9.78 Å². The number of ether oxygens (including phenoxy) is 1. The van der Waals surface area contributed by atoms with E-state index in [9.17, 15) is 22.4 Å². The number of rotatable bonds is 3. The smallest absolute Gasteiger partial charge is 0.344 e. The number of benzene rings is 1. The minimum atomic E-state index is -1.82. The molecule has 4 nitrogen and oxygen atoms in total. The Morgan fingerprint density at radius 3 is 2.09 bits per heavy atom.